The predicted molar refractivity (Wildman–Crippen MR) is 95.9 cm³/mol. The Morgan fingerprint density at radius 1 is 1.04 bits per heavy atom. The average Bonchev–Trinajstić information content (AvgIpc) is 3.03. The predicted octanol–water partition coefficient (Wildman–Crippen LogP) is 1.91. The molecule has 0 radical (unpaired) electrons. The van der Waals surface area contributed by atoms with E-state index < -0.39 is 0 Å². The van der Waals surface area contributed by atoms with Gasteiger partial charge in [-0.2, -0.15) is 0 Å². The first-order valence-corrected chi connectivity index (χ1v) is 9.57. The van der Waals surface area contributed by atoms with Crippen molar-refractivity contribution in [1.82, 2.24) is 15.5 Å². The van der Waals surface area contributed by atoms with Crippen molar-refractivity contribution < 1.29 is 9.59 Å². The van der Waals surface area contributed by atoms with E-state index in [2.05, 4.69) is 33.7 Å². The van der Waals surface area contributed by atoms with E-state index in [1.54, 1.807) is 0 Å². The number of carbonyl (C=O) groups is 2. The first-order valence-electron chi connectivity index (χ1n) is 9.57. The monoisotopic (exact) mass is 341 g/mol. The second kappa shape index (κ2) is 7.26. The highest BCUT2D eigenvalue weighted by molar-refractivity contribution is 6.00. The van der Waals surface area contributed by atoms with Crippen molar-refractivity contribution >= 4 is 11.8 Å². The lowest BCUT2D eigenvalue weighted by molar-refractivity contribution is -0.134. The molecule has 1 aromatic carbocycles. The minimum absolute atomic E-state index is 0.142. The summed E-state index contributed by atoms with van der Waals surface area (Å²) in [5.41, 5.74) is 3.80. The van der Waals surface area contributed by atoms with E-state index in [-0.39, 0.29) is 17.7 Å². The van der Waals surface area contributed by atoms with Crippen LogP contribution in [-0.2, 0) is 22.7 Å². The molecule has 0 saturated carbocycles. The Morgan fingerprint density at radius 3 is 2.64 bits per heavy atom. The summed E-state index contributed by atoms with van der Waals surface area (Å²) in [4.78, 5) is 26.0. The summed E-state index contributed by atoms with van der Waals surface area (Å²) < 4.78 is 0. The molecular formula is C20H27N3O2. The Morgan fingerprint density at radius 2 is 1.84 bits per heavy atom. The first kappa shape index (κ1) is 16.7. The van der Waals surface area contributed by atoms with Gasteiger partial charge in [-0.1, -0.05) is 18.2 Å². The number of fused-ring (bicyclic) bond motifs is 1. The molecule has 1 unspecified atom stereocenters. The van der Waals surface area contributed by atoms with Crippen molar-refractivity contribution in [2.45, 2.75) is 51.1 Å². The van der Waals surface area contributed by atoms with Gasteiger partial charge in [-0.3, -0.25) is 19.8 Å². The number of nitrogens with zero attached hydrogens (tertiary/aromatic N) is 1. The van der Waals surface area contributed by atoms with E-state index in [1.165, 1.54) is 43.5 Å². The fourth-order valence-electron chi connectivity index (χ4n) is 4.41. The van der Waals surface area contributed by atoms with Gasteiger partial charge in [-0.05, 0) is 67.9 Å². The molecule has 0 aromatic heterocycles. The second-order valence-corrected chi connectivity index (χ2v) is 7.72. The maximum absolute atomic E-state index is 12.1. The minimum atomic E-state index is -0.174. The van der Waals surface area contributed by atoms with E-state index in [0.717, 1.165) is 31.1 Å². The molecule has 2 N–H and O–H groups in total. The van der Waals surface area contributed by atoms with Crippen molar-refractivity contribution in [2.24, 2.45) is 5.92 Å². The smallest absolute Gasteiger partial charge is 0.234 e. The Hall–Kier alpha value is -1.72. The zero-order chi connectivity index (χ0) is 17.2. The van der Waals surface area contributed by atoms with Crippen LogP contribution in [0.4, 0.5) is 0 Å². The molecule has 4 rings (SSSR count). The van der Waals surface area contributed by atoms with Crippen LogP contribution in [0.3, 0.4) is 0 Å². The number of rotatable bonds is 4. The number of imide groups is 1. The number of hydrogen-bond donors (Lipinski definition) is 2. The van der Waals surface area contributed by atoms with Crippen LogP contribution in [0.15, 0.2) is 18.2 Å². The lowest BCUT2D eigenvalue weighted by Crippen LogP contribution is -2.39. The third-order valence-corrected chi connectivity index (χ3v) is 5.97. The van der Waals surface area contributed by atoms with Gasteiger partial charge in [0.05, 0.1) is 5.92 Å². The lowest BCUT2D eigenvalue weighted by atomic mass is 9.89. The summed E-state index contributed by atoms with van der Waals surface area (Å²) in [6, 6.07) is 6.45. The number of amides is 2. The zero-order valence-electron chi connectivity index (χ0n) is 14.7. The topological polar surface area (TPSA) is 61.4 Å². The molecule has 2 amide bonds. The number of benzene rings is 1. The molecule has 0 bridgehead atoms. The molecule has 5 nitrogen and oxygen atoms in total. The average molecular weight is 341 g/mol. The number of nitrogens with one attached hydrogen (secondary N) is 2. The van der Waals surface area contributed by atoms with Crippen molar-refractivity contribution in [3.8, 4) is 0 Å². The highest BCUT2D eigenvalue weighted by Crippen LogP contribution is 2.30. The van der Waals surface area contributed by atoms with Crippen LogP contribution in [0.25, 0.3) is 0 Å². The van der Waals surface area contributed by atoms with Gasteiger partial charge in [0.25, 0.3) is 0 Å². The zero-order valence-corrected chi connectivity index (χ0v) is 14.7. The van der Waals surface area contributed by atoms with E-state index in [9.17, 15) is 9.59 Å². The fraction of sp³-hybridized carbons (Fsp3) is 0.600. The van der Waals surface area contributed by atoms with Gasteiger partial charge in [-0.25, -0.2) is 0 Å². The molecule has 3 aliphatic rings. The van der Waals surface area contributed by atoms with Gasteiger partial charge in [-0.15, -0.1) is 0 Å². The standard InChI is InChI=1S/C20H27N3O2/c24-19-4-3-18(20(25)22-19)15-1-2-16-12-23(13-17(16)11-15)10-7-14-5-8-21-9-6-14/h1-2,11,14,18,21H,3-10,12-13H2,(H,22,24,25). The van der Waals surface area contributed by atoms with E-state index >= 15 is 0 Å². The summed E-state index contributed by atoms with van der Waals surface area (Å²) in [7, 11) is 0. The Bertz CT molecular complexity index is 667. The molecule has 3 heterocycles. The van der Waals surface area contributed by atoms with Crippen molar-refractivity contribution in [3.05, 3.63) is 34.9 Å². The van der Waals surface area contributed by atoms with E-state index in [1.807, 2.05) is 0 Å². The Balaban J connectivity index is 1.37. The highest BCUT2D eigenvalue weighted by atomic mass is 16.2. The quantitative estimate of drug-likeness (QED) is 0.822. The second-order valence-electron chi connectivity index (χ2n) is 7.72. The number of hydrogen-bond acceptors (Lipinski definition) is 4. The third kappa shape index (κ3) is 3.77. The summed E-state index contributed by atoms with van der Waals surface area (Å²) >= 11 is 0. The maximum Gasteiger partial charge on any atom is 0.234 e. The number of piperidine rings is 2. The Labute approximate surface area is 149 Å². The minimum Gasteiger partial charge on any atom is -0.317 e. The highest BCUT2D eigenvalue weighted by Gasteiger charge is 2.29. The largest absolute Gasteiger partial charge is 0.317 e. The van der Waals surface area contributed by atoms with Crippen LogP contribution in [0.1, 0.15) is 54.7 Å². The van der Waals surface area contributed by atoms with Crippen LogP contribution in [0.2, 0.25) is 0 Å². The van der Waals surface area contributed by atoms with Crippen LogP contribution in [0.5, 0.6) is 0 Å². The van der Waals surface area contributed by atoms with Crippen molar-refractivity contribution in [1.29, 1.82) is 0 Å². The molecule has 25 heavy (non-hydrogen) atoms. The van der Waals surface area contributed by atoms with Crippen LogP contribution < -0.4 is 10.6 Å². The molecule has 3 aliphatic heterocycles. The molecular weight excluding hydrogens is 314 g/mol. The summed E-state index contributed by atoms with van der Waals surface area (Å²) in [5.74, 6) is 0.402. The normalized spacial score (nSPS) is 25.0. The van der Waals surface area contributed by atoms with Gasteiger partial charge >= 0.3 is 0 Å². The van der Waals surface area contributed by atoms with E-state index in [0.29, 0.717) is 12.8 Å². The van der Waals surface area contributed by atoms with Gasteiger partial charge in [0.1, 0.15) is 0 Å². The van der Waals surface area contributed by atoms with Gasteiger partial charge in [0.15, 0.2) is 0 Å². The molecule has 5 heteroatoms. The van der Waals surface area contributed by atoms with Gasteiger partial charge < -0.3 is 5.32 Å². The van der Waals surface area contributed by atoms with Crippen LogP contribution in [0, 0.1) is 5.92 Å². The third-order valence-electron chi connectivity index (χ3n) is 5.97. The van der Waals surface area contributed by atoms with Gasteiger partial charge in [0.2, 0.25) is 11.8 Å². The first-order chi connectivity index (χ1) is 12.2. The maximum atomic E-state index is 12.1. The summed E-state index contributed by atoms with van der Waals surface area (Å²) in [6.45, 7) is 5.50. The molecule has 0 spiro atoms. The summed E-state index contributed by atoms with van der Waals surface area (Å²) in [5, 5.41) is 5.90. The molecule has 0 aliphatic carbocycles. The molecule has 1 atom stereocenters. The summed E-state index contributed by atoms with van der Waals surface area (Å²) in [6.07, 6.45) is 4.97. The lowest BCUT2D eigenvalue weighted by Gasteiger charge is -2.24. The van der Waals surface area contributed by atoms with Crippen LogP contribution >= 0.6 is 0 Å². The van der Waals surface area contributed by atoms with Gasteiger partial charge in [0, 0.05) is 19.5 Å². The molecule has 1 aromatic rings. The van der Waals surface area contributed by atoms with E-state index in [4.69, 9.17) is 0 Å². The molecule has 2 saturated heterocycles. The number of carbonyl (C=O) groups excluding carboxylic acids is 2. The SMILES string of the molecule is O=C1CCC(c2ccc3c(c2)CN(CCC2CCNCC2)C3)C(=O)N1. The Kier molecular flexibility index (Phi) is 4.86. The van der Waals surface area contributed by atoms with Crippen molar-refractivity contribution in [2.75, 3.05) is 19.6 Å². The molecule has 134 valence electrons. The van der Waals surface area contributed by atoms with Crippen molar-refractivity contribution in [3.63, 3.8) is 0 Å². The molecule has 2 fully saturated rings. The fourth-order valence-corrected chi connectivity index (χ4v) is 4.41. The van der Waals surface area contributed by atoms with Crippen LogP contribution in [-0.4, -0.2) is 36.3 Å².